The molecule has 154 valence electrons. The van der Waals surface area contributed by atoms with E-state index in [4.69, 9.17) is 16.7 Å². The zero-order chi connectivity index (χ0) is 21.6. The van der Waals surface area contributed by atoms with Crippen LogP contribution in [-0.4, -0.2) is 25.9 Å². The summed E-state index contributed by atoms with van der Waals surface area (Å²) in [7, 11) is -2.50. The van der Waals surface area contributed by atoms with Crippen molar-refractivity contribution in [3.05, 3.63) is 46.0 Å². The van der Waals surface area contributed by atoms with Gasteiger partial charge in [0.2, 0.25) is 0 Å². The van der Waals surface area contributed by atoms with E-state index in [0.717, 1.165) is 33.4 Å². The van der Waals surface area contributed by atoms with Crippen molar-refractivity contribution in [1.82, 2.24) is 0 Å². The first-order valence-electron chi connectivity index (χ1n) is 9.31. The van der Waals surface area contributed by atoms with Crippen LogP contribution in [0.4, 0.5) is 0 Å². The van der Waals surface area contributed by atoms with Gasteiger partial charge in [-0.15, -0.1) is 0 Å². The molecule has 1 aliphatic carbocycles. The first-order valence-corrected chi connectivity index (χ1v) is 10.9. The summed E-state index contributed by atoms with van der Waals surface area (Å²) in [6, 6.07) is 3.89. The number of aryl methyl sites for hydroxylation is 1. The summed E-state index contributed by atoms with van der Waals surface area (Å²) in [5, 5.41) is 10.7. The lowest BCUT2D eigenvalue weighted by atomic mass is 9.74. The highest BCUT2D eigenvalue weighted by Gasteiger charge is 2.33. The maximum Gasteiger partial charge on any atom is 0.391 e. The molecule has 0 aromatic heterocycles. The second kappa shape index (κ2) is 7.97. The molecule has 1 aromatic carbocycles. The quantitative estimate of drug-likeness (QED) is 0.451. The van der Waals surface area contributed by atoms with E-state index >= 15 is 0 Å². The fraction of sp³-hybridized carbons (Fsp3) is 0.500. The van der Waals surface area contributed by atoms with Gasteiger partial charge >= 0.3 is 8.60 Å². The number of aliphatic hydroxyl groups excluding tert-OH is 1. The molecule has 1 unspecified atom stereocenters. The SMILES string of the molecule is CC1=C(c2cc(C(C)(C)C)c(OP(O)O)cc2C)C=C(C(C)(C)C)C(O)C1=S. The monoisotopic (exact) mass is 422 g/mol. The molecular formula is C22H31O4PS. The summed E-state index contributed by atoms with van der Waals surface area (Å²) in [5.41, 5.74) is 5.12. The third kappa shape index (κ3) is 4.72. The van der Waals surface area contributed by atoms with Gasteiger partial charge < -0.3 is 19.4 Å². The van der Waals surface area contributed by atoms with Crippen LogP contribution in [-0.2, 0) is 5.41 Å². The second-order valence-corrected chi connectivity index (χ2v) is 10.5. The lowest BCUT2D eigenvalue weighted by molar-refractivity contribution is 0.247. The molecule has 0 amide bonds. The molecule has 0 saturated heterocycles. The van der Waals surface area contributed by atoms with Crippen LogP contribution >= 0.6 is 20.8 Å². The predicted octanol–water partition coefficient (Wildman–Crippen LogP) is 5.37. The van der Waals surface area contributed by atoms with E-state index in [2.05, 4.69) is 47.6 Å². The number of thiocarbonyl (C=S) groups is 1. The average molecular weight is 423 g/mol. The fourth-order valence-corrected chi connectivity index (χ4v) is 4.01. The van der Waals surface area contributed by atoms with E-state index in [1.165, 1.54) is 0 Å². The molecule has 28 heavy (non-hydrogen) atoms. The summed E-state index contributed by atoms with van der Waals surface area (Å²) in [5.74, 6) is 0.474. The topological polar surface area (TPSA) is 69.9 Å². The molecule has 0 saturated carbocycles. The summed E-state index contributed by atoms with van der Waals surface area (Å²) in [6.45, 7) is 16.3. The Balaban J connectivity index is 2.76. The number of hydrogen-bond donors (Lipinski definition) is 3. The van der Waals surface area contributed by atoms with E-state index in [0.29, 0.717) is 10.6 Å². The van der Waals surface area contributed by atoms with Crippen molar-refractivity contribution in [3.8, 4) is 5.75 Å². The van der Waals surface area contributed by atoms with Gasteiger partial charge in [0.15, 0.2) is 0 Å². The Kier molecular flexibility index (Phi) is 6.59. The number of hydrogen-bond acceptors (Lipinski definition) is 5. The molecule has 0 bridgehead atoms. The Morgan fingerprint density at radius 1 is 1.00 bits per heavy atom. The lowest BCUT2D eigenvalue weighted by Gasteiger charge is -2.33. The van der Waals surface area contributed by atoms with Gasteiger partial charge in [-0.05, 0) is 64.7 Å². The molecule has 0 spiro atoms. The summed E-state index contributed by atoms with van der Waals surface area (Å²) in [6.07, 6.45) is 1.30. The van der Waals surface area contributed by atoms with E-state index in [1.54, 1.807) is 0 Å². The second-order valence-electron chi connectivity index (χ2n) is 9.41. The van der Waals surface area contributed by atoms with E-state index in [9.17, 15) is 14.9 Å². The molecule has 1 atom stereocenters. The van der Waals surface area contributed by atoms with Crippen molar-refractivity contribution in [2.45, 2.75) is 66.9 Å². The predicted molar refractivity (Wildman–Crippen MR) is 121 cm³/mol. The maximum atomic E-state index is 10.7. The van der Waals surface area contributed by atoms with Crippen molar-refractivity contribution < 1.29 is 19.4 Å². The van der Waals surface area contributed by atoms with Crippen molar-refractivity contribution >= 4 is 31.3 Å². The summed E-state index contributed by atoms with van der Waals surface area (Å²) in [4.78, 5) is 19.3. The minimum absolute atomic E-state index is 0.219. The van der Waals surface area contributed by atoms with Gasteiger partial charge in [-0.25, -0.2) is 0 Å². The van der Waals surface area contributed by atoms with Gasteiger partial charge in [0.05, 0.1) is 4.86 Å². The van der Waals surface area contributed by atoms with Crippen LogP contribution in [0.25, 0.3) is 5.57 Å². The van der Waals surface area contributed by atoms with E-state index in [1.807, 2.05) is 26.0 Å². The average Bonchev–Trinajstić information content (AvgIpc) is 2.51. The van der Waals surface area contributed by atoms with Crippen LogP contribution in [0.5, 0.6) is 5.75 Å². The Bertz CT molecular complexity index is 855. The number of allylic oxidation sites excluding steroid dienone is 2. The molecule has 4 nitrogen and oxygen atoms in total. The number of aliphatic hydroxyl groups is 1. The summed E-state index contributed by atoms with van der Waals surface area (Å²) >= 11 is 5.57. The fourth-order valence-electron chi connectivity index (χ4n) is 3.45. The Morgan fingerprint density at radius 3 is 2.04 bits per heavy atom. The first kappa shape index (κ1) is 23.2. The van der Waals surface area contributed by atoms with Crippen LogP contribution in [0, 0.1) is 12.3 Å². The van der Waals surface area contributed by atoms with Gasteiger partial charge in [0.1, 0.15) is 11.9 Å². The zero-order valence-corrected chi connectivity index (χ0v) is 19.6. The van der Waals surface area contributed by atoms with E-state index in [-0.39, 0.29) is 10.8 Å². The van der Waals surface area contributed by atoms with Gasteiger partial charge in [-0.3, -0.25) is 0 Å². The highest BCUT2D eigenvalue weighted by atomic mass is 32.1. The van der Waals surface area contributed by atoms with Crippen molar-refractivity contribution in [3.63, 3.8) is 0 Å². The van der Waals surface area contributed by atoms with Crippen LogP contribution in [0.15, 0.2) is 29.4 Å². The molecule has 0 radical (unpaired) electrons. The van der Waals surface area contributed by atoms with Crippen molar-refractivity contribution in [1.29, 1.82) is 0 Å². The summed E-state index contributed by atoms with van der Waals surface area (Å²) < 4.78 is 5.31. The van der Waals surface area contributed by atoms with E-state index < -0.39 is 14.7 Å². The molecule has 0 heterocycles. The van der Waals surface area contributed by atoms with Crippen LogP contribution in [0.1, 0.15) is 65.2 Å². The number of benzene rings is 1. The Labute approximate surface area is 175 Å². The molecule has 6 heteroatoms. The van der Waals surface area contributed by atoms with Crippen LogP contribution in [0.3, 0.4) is 0 Å². The molecule has 1 aliphatic rings. The molecular weight excluding hydrogens is 391 g/mol. The first-order chi connectivity index (χ1) is 12.6. The molecule has 3 N–H and O–H groups in total. The van der Waals surface area contributed by atoms with Crippen molar-refractivity contribution in [2.24, 2.45) is 5.41 Å². The standard InChI is InChI=1S/C22H31O4PS/c1-12-9-18(26-27(24)25)16(21(3,4)5)10-14(12)15-11-17(22(6,7)8)19(23)20(28)13(15)2/h9-11,19,23-25H,1-8H3. The highest BCUT2D eigenvalue weighted by molar-refractivity contribution is 7.81. The number of rotatable bonds is 3. The molecule has 0 fully saturated rings. The zero-order valence-electron chi connectivity index (χ0n) is 17.9. The van der Waals surface area contributed by atoms with Gasteiger partial charge in [0.25, 0.3) is 0 Å². The lowest BCUT2D eigenvalue weighted by Crippen LogP contribution is -2.32. The molecule has 1 aromatic rings. The highest BCUT2D eigenvalue weighted by Crippen LogP contribution is 2.43. The van der Waals surface area contributed by atoms with Gasteiger partial charge in [0, 0.05) is 5.56 Å². The Hall–Kier alpha value is -1.10. The smallest absolute Gasteiger partial charge is 0.391 e. The molecule has 0 aliphatic heterocycles. The van der Waals surface area contributed by atoms with Gasteiger partial charge in [-0.1, -0.05) is 59.8 Å². The van der Waals surface area contributed by atoms with Crippen LogP contribution in [0.2, 0.25) is 0 Å². The van der Waals surface area contributed by atoms with Crippen LogP contribution < -0.4 is 4.52 Å². The third-order valence-electron chi connectivity index (χ3n) is 5.09. The third-order valence-corrected chi connectivity index (χ3v) is 5.98. The minimum atomic E-state index is -2.50. The normalized spacial score (nSPS) is 18.6. The van der Waals surface area contributed by atoms with Crippen molar-refractivity contribution in [2.75, 3.05) is 0 Å². The molecule has 2 rings (SSSR count). The van der Waals surface area contributed by atoms with Gasteiger partial charge in [-0.2, -0.15) is 0 Å². The maximum absolute atomic E-state index is 10.7. The minimum Gasteiger partial charge on any atom is -0.427 e. The Morgan fingerprint density at radius 2 is 1.57 bits per heavy atom. The largest absolute Gasteiger partial charge is 0.427 e.